The Morgan fingerprint density at radius 3 is 2.17 bits per heavy atom. The Bertz CT molecular complexity index is 851. The Hall–Kier alpha value is -1.73. The van der Waals surface area contributed by atoms with Crippen LogP contribution >= 0.6 is 0 Å². The van der Waals surface area contributed by atoms with E-state index in [0.29, 0.717) is 12.1 Å². The quantitative estimate of drug-likeness (QED) is 0.382. The highest BCUT2D eigenvalue weighted by molar-refractivity contribution is 7.91. The minimum absolute atomic E-state index is 0. The third kappa shape index (κ3) is 9.09. The van der Waals surface area contributed by atoms with E-state index >= 15 is 0 Å². The lowest BCUT2D eigenvalue weighted by atomic mass is 10.1. The van der Waals surface area contributed by atoms with Crippen molar-refractivity contribution in [1.29, 1.82) is 0 Å². The molecular weight excluding hydrogens is 452 g/mol. The molecule has 0 radical (unpaired) electrons. The van der Waals surface area contributed by atoms with Crippen LogP contribution in [-0.4, -0.2) is 20.1 Å². The number of rotatable bonds is 11. The zero-order valence-electron chi connectivity index (χ0n) is 17.2. The highest BCUT2D eigenvalue weighted by Gasteiger charge is 2.15. The van der Waals surface area contributed by atoms with Crippen LogP contribution in [0.2, 0.25) is 0 Å². The van der Waals surface area contributed by atoms with Crippen molar-refractivity contribution in [1.82, 2.24) is 0 Å². The van der Waals surface area contributed by atoms with E-state index in [4.69, 9.17) is 0 Å². The maximum atomic E-state index is 12.5. The average molecular weight is 483 g/mol. The summed E-state index contributed by atoms with van der Waals surface area (Å²) in [6.45, 7) is 4.64. The summed E-state index contributed by atoms with van der Waals surface area (Å²) in [5.41, 5.74) is 1.61. The average Bonchev–Trinajstić information content (AvgIpc) is 2.67. The van der Waals surface area contributed by atoms with E-state index in [-0.39, 0.29) is 33.5 Å². The Morgan fingerprint density at radius 2 is 1.59 bits per heavy atom. The van der Waals surface area contributed by atoms with Gasteiger partial charge >= 0.3 is 0 Å². The maximum absolute atomic E-state index is 12.5. The van der Waals surface area contributed by atoms with Crippen molar-refractivity contribution < 1.29 is 34.8 Å². The largest absolute Gasteiger partial charge is 1.00 e. The molecule has 7 heteroatoms. The first-order valence-corrected chi connectivity index (χ1v) is 11.6. The summed E-state index contributed by atoms with van der Waals surface area (Å²) in [5.74, 6) is -0.120. The molecule has 0 bridgehead atoms. The van der Waals surface area contributed by atoms with Crippen LogP contribution in [0.25, 0.3) is 0 Å². The van der Waals surface area contributed by atoms with Crippen molar-refractivity contribution >= 4 is 21.4 Å². The summed E-state index contributed by atoms with van der Waals surface area (Å²) in [6, 6.07) is 10.3. The summed E-state index contributed by atoms with van der Waals surface area (Å²) in [7, 11) is -3.36. The molecule has 160 valence electrons. The second-order valence-electron chi connectivity index (χ2n) is 7.13. The van der Waals surface area contributed by atoms with Crippen LogP contribution < -0.4 is 26.9 Å². The third-order valence-electron chi connectivity index (χ3n) is 4.67. The predicted molar refractivity (Wildman–Crippen MR) is 112 cm³/mol. The van der Waals surface area contributed by atoms with Gasteiger partial charge in [0.05, 0.1) is 10.6 Å². The summed E-state index contributed by atoms with van der Waals surface area (Å²) < 4.78 is 27.2. The molecular formula is C22H31BrN2O3S. The second-order valence-corrected chi connectivity index (χ2v) is 9.24. The smallest absolute Gasteiger partial charge is 0.221 e. The first-order valence-electron chi connectivity index (χ1n) is 9.99. The fraction of sp³-hybridized carbons (Fsp3) is 0.455. The van der Waals surface area contributed by atoms with Crippen molar-refractivity contribution in [2.24, 2.45) is 0 Å². The first kappa shape index (κ1) is 25.3. The Kier molecular flexibility index (Phi) is 11.1. The number of benzene rings is 1. The van der Waals surface area contributed by atoms with Gasteiger partial charge in [-0.05, 0) is 42.7 Å². The number of carbonyl (C=O) groups is 1. The van der Waals surface area contributed by atoms with Gasteiger partial charge in [0.2, 0.25) is 5.91 Å². The lowest BCUT2D eigenvalue weighted by molar-refractivity contribution is -0.697. The van der Waals surface area contributed by atoms with E-state index in [9.17, 15) is 13.2 Å². The van der Waals surface area contributed by atoms with Gasteiger partial charge in [0, 0.05) is 31.2 Å². The zero-order valence-corrected chi connectivity index (χ0v) is 19.6. The summed E-state index contributed by atoms with van der Waals surface area (Å²) in [4.78, 5) is 11.3. The van der Waals surface area contributed by atoms with Gasteiger partial charge in [-0.25, -0.2) is 13.0 Å². The van der Waals surface area contributed by atoms with Crippen LogP contribution in [0.1, 0.15) is 51.5 Å². The molecule has 2 aromatic rings. The molecule has 0 aliphatic heterocycles. The van der Waals surface area contributed by atoms with E-state index in [1.807, 2.05) is 24.5 Å². The number of carbonyl (C=O) groups excluding carboxylic acids is 1. The van der Waals surface area contributed by atoms with Crippen molar-refractivity contribution in [3.05, 3.63) is 54.4 Å². The van der Waals surface area contributed by atoms with Crippen LogP contribution in [0.3, 0.4) is 0 Å². The number of sulfone groups is 1. The molecule has 1 aromatic carbocycles. The molecule has 0 atom stereocenters. The molecule has 0 saturated heterocycles. The van der Waals surface area contributed by atoms with Crippen molar-refractivity contribution in [3.8, 4) is 0 Å². The molecule has 0 aliphatic carbocycles. The van der Waals surface area contributed by atoms with Crippen LogP contribution in [0, 0.1) is 0 Å². The lowest BCUT2D eigenvalue weighted by Crippen LogP contribution is -3.00. The molecule has 1 aromatic heterocycles. The number of hydrogen-bond acceptors (Lipinski definition) is 3. The van der Waals surface area contributed by atoms with Gasteiger partial charge in [-0.15, -0.1) is 0 Å². The number of nitrogens with zero attached hydrogens (tertiary/aromatic N) is 1. The molecule has 1 amide bonds. The number of unbranched alkanes of at least 4 members (excludes halogenated alkanes) is 4. The molecule has 0 spiro atoms. The van der Waals surface area contributed by atoms with E-state index in [1.165, 1.54) is 51.2 Å². The summed E-state index contributed by atoms with van der Waals surface area (Å²) in [5, 5.41) is 2.63. The van der Waals surface area contributed by atoms with Crippen molar-refractivity contribution in [2.45, 2.75) is 63.8 Å². The minimum atomic E-state index is -3.36. The molecule has 0 unspecified atom stereocenters. The number of anilines is 1. The molecule has 0 fully saturated rings. The highest BCUT2D eigenvalue weighted by Crippen LogP contribution is 2.16. The Labute approximate surface area is 185 Å². The topological polar surface area (TPSA) is 67.1 Å². The van der Waals surface area contributed by atoms with E-state index < -0.39 is 9.84 Å². The van der Waals surface area contributed by atoms with E-state index in [1.54, 1.807) is 12.1 Å². The molecule has 0 aliphatic rings. The molecule has 5 nitrogen and oxygen atoms in total. The normalized spacial score (nSPS) is 11.0. The SMILES string of the molecule is CCCCCCC[n+]1ccc(CCS(=O)(=O)c2ccc(NC(C)=O)cc2)cc1.[Br-]. The maximum Gasteiger partial charge on any atom is 0.221 e. The monoisotopic (exact) mass is 482 g/mol. The number of pyridine rings is 1. The molecule has 0 saturated carbocycles. The van der Waals surface area contributed by atoms with Crippen molar-refractivity contribution in [3.63, 3.8) is 0 Å². The van der Waals surface area contributed by atoms with Gasteiger partial charge in [-0.2, -0.15) is 0 Å². The zero-order chi connectivity index (χ0) is 20.4. The lowest BCUT2D eigenvalue weighted by Gasteiger charge is -2.07. The first-order chi connectivity index (χ1) is 13.4. The van der Waals surface area contributed by atoms with E-state index in [0.717, 1.165) is 12.1 Å². The van der Waals surface area contributed by atoms with Crippen LogP contribution in [-0.2, 0) is 27.6 Å². The van der Waals surface area contributed by atoms with Gasteiger partial charge in [0.25, 0.3) is 0 Å². The molecule has 1 N–H and O–H groups in total. The standard InChI is InChI=1S/C22H30N2O3S.BrH/c1-3-4-5-6-7-15-24-16-12-20(13-17-24)14-18-28(26,27)22-10-8-21(9-11-22)23-19(2)25;/h8-13,16-17H,3-7,14-15,18H2,1-2H3;1H. The molecule has 29 heavy (non-hydrogen) atoms. The van der Waals surface area contributed by atoms with Gasteiger partial charge in [-0.3, -0.25) is 4.79 Å². The number of aryl methyl sites for hydroxylation is 2. The van der Waals surface area contributed by atoms with Crippen LogP contribution in [0.5, 0.6) is 0 Å². The molecule has 2 rings (SSSR count). The number of aromatic nitrogens is 1. The minimum Gasteiger partial charge on any atom is -1.00 e. The number of amides is 1. The van der Waals surface area contributed by atoms with Gasteiger partial charge in [-0.1, -0.05) is 26.2 Å². The number of nitrogens with one attached hydrogen (secondary N) is 1. The molecule has 1 heterocycles. The van der Waals surface area contributed by atoms with Crippen LogP contribution in [0.15, 0.2) is 53.7 Å². The predicted octanol–water partition coefficient (Wildman–Crippen LogP) is 0.923. The van der Waals surface area contributed by atoms with Crippen molar-refractivity contribution in [2.75, 3.05) is 11.1 Å². The number of halogens is 1. The fourth-order valence-electron chi connectivity index (χ4n) is 3.02. The summed E-state index contributed by atoms with van der Waals surface area (Å²) in [6.07, 6.45) is 10.8. The van der Waals surface area contributed by atoms with Gasteiger partial charge in [0.1, 0.15) is 6.54 Å². The Balaban J connectivity index is 0.00000420. The number of hydrogen-bond donors (Lipinski definition) is 1. The fourth-order valence-corrected chi connectivity index (χ4v) is 4.31. The highest BCUT2D eigenvalue weighted by atomic mass is 79.9. The third-order valence-corrected chi connectivity index (χ3v) is 6.41. The second kappa shape index (κ2) is 12.8. The van der Waals surface area contributed by atoms with Gasteiger partial charge in [0.15, 0.2) is 22.2 Å². The van der Waals surface area contributed by atoms with Crippen LogP contribution in [0.4, 0.5) is 5.69 Å². The Morgan fingerprint density at radius 1 is 0.966 bits per heavy atom. The van der Waals surface area contributed by atoms with E-state index in [2.05, 4.69) is 16.8 Å². The summed E-state index contributed by atoms with van der Waals surface area (Å²) >= 11 is 0. The van der Waals surface area contributed by atoms with Gasteiger partial charge < -0.3 is 22.3 Å².